The van der Waals surface area contributed by atoms with E-state index in [1.165, 1.54) is 34.1 Å². The molecule has 7 nitrogen and oxygen atoms in total. The third kappa shape index (κ3) is 4.62. The van der Waals surface area contributed by atoms with Gasteiger partial charge in [-0.2, -0.15) is 22.8 Å². The van der Waals surface area contributed by atoms with Crippen LogP contribution in [-0.4, -0.2) is 20.6 Å². The lowest BCUT2D eigenvalue weighted by Gasteiger charge is -2.13. The van der Waals surface area contributed by atoms with Gasteiger partial charge in [0, 0.05) is 11.6 Å². The quantitative estimate of drug-likeness (QED) is 0.472. The Balaban J connectivity index is 1.50. The second-order valence-corrected chi connectivity index (χ2v) is 7.86. The van der Waals surface area contributed by atoms with Gasteiger partial charge in [-0.15, -0.1) is 0 Å². The van der Waals surface area contributed by atoms with E-state index in [1.54, 1.807) is 0 Å². The SMILES string of the molecule is Cc1ccc(-c2nn3c(=O)cc(CNC(=O)Nc4ccccc4C(F)(F)F)nc3s2)cc1. The van der Waals surface area contributed by atoms with Crippen LogP contribution in [0.5, 0.6) is 0 Å². The molecule has 2 N–H and O–H groups in total. The van der Waals surface area contributed by atoms with Crippen molar-refractivity contribution in [3.8, 4) is 10.6 Å². The number of rotatable bonds is 4. The molecule has 4 aromatic rings. The molecular weight excluding hydrogens is 443 g/mol. The summed E-state index contributed by atoms with van der Waals surface area (Å²) in [4.78, 5) is 29.2. The van der Waals surface area contributed by atoms with Gasteiger partial charge in [0.25, 0.3) is 5.56 Å². The van der Waals surface area contributed by atoms with Crippen LogP contribution in [0.2, 0.25) is 0 Å². The zero-order valence-electron chi connectivity index (χ0n) is 16.6. The summed E-state index contributed by atoms with van der Waals surface area (Å²) in [5, 5.41) is 9.50. The van der Waals surface area contributed by atoms with E-state index in [2.05, 4.69) is 20.7 Å². The summed E-state index contributed by atoms with van der Waals surface area (Å²) in [6, 6.07) is 12.7. The molecule has 32 heavy (non-hydrogen) atoms. The first-order valence-electron chi connectivity index (χ1n) is 9.38. The van der Waals surface area contributed by atoms with Crippen molar-refractivity contribution < 1.29 is 18.0 Å². The molecule has 164 valence electrons. The average Bonchev–Trinajstić information content (AvgIpc) is 3.17. The maximum Gasteiger partial charge on any atom is 0.418 e. The van der Waals surface area contributed by atoms with Gasteiger partial charge in [-0.25, -0.2) is 9.78 Å². The molecule has 0 saturated carbocycles. The molecule has 4 rings (SSSR count). The number of aryl methyl sites for hydroxylation is 1. The van der Waals surface area contributed by atoms with Crippen molar-refractivity contribution in [1.82, 2.24) is 19.9 Å². The molecule has 0 aliphatic carbocycles. The first-order chi connectivity index (χ1) is 15.2. The lowest BCUT2D eigenvalue weighted by molar-refractivity contribution is -0.136. The van der Waals surface area contributed by atoms with Crippen LogP contribution in [-0.2, 0) is 12.7 Å². The zero-order chi connectivity index (χ0) is 22.9. The number of hydrogen-bond acceptors (Lipinski definition) is 5. The number of urea groups is 1. The van der Waals surface area contributed by atoms with E-state index in [0.29, 0.717) is 9.97 Å². The Bertz CT molecular complexity index is 1350. The molecule has 0 bridgehead atoms. The Morgan fingerprint density at radius 1 is 1.12 bits per heavy atom. The van der Waals surface area contributed by atoms with Gasteiger partial charge in [-0.05, 0) is 19.1 Å². The lowest BCUT2D eigenvalue weighted by Crippen LogP contribution is -2.30. The van der Waals surface area contributed by atoms with Crippen molar-refractivity contribution in [2.24, 2.45) is 0 Å². The first-order valence-corrected chi connectivity index (χ1v) is 10.2. The highest BCUT2D eigenvalue weighted by molar-refractivity contribution is 7.19. The summed E-state index contributed by atoms with van der Waals surface area (Å²) in [7, 11) is 0. The van der Waals surface area contributed by atoms with E-state index in [4.69, 9.17) is 0 Å². The predicted molar refractivity (Wildman–Crippen MR) is 115 cm³/mol. The van der Waals surface area contributed by atoms with Crippen molar-refractivity contribution in [3.63, 3.8) is 0 Å². The fourth-order valence-electron chi connectivity index (χ4n) is 2.94. The van der Waals surface area contributed by atoms with Crippen LogP contribution in [0.25, 0.3) is 15.5 Å². The van der Waals surface area contributed by atoms with Crippen LogP contribution in [0.4, 0.5) is 23.7 Å². The minimum Gasteiger partial charge on any atom is -0.332 e. The smallest absolute Gasteiger partial charge is 0.332 e. The van der Waals surface area contributed by atoms with E-state index in [9.17, 15) is 22.8 Å². The monoisotopic (exact) mass is 459 g/mol. The lowest BCUT2D eigenvalue weighted by atomic mass is 10.1. The average molecular weight is 459 g/mol. The minimum atomic E-state index is -4.60. The van der Waals surface area contributed by atoms with Crippen molar-refractivity contribution >= 4 is 28.0 Å². The number of para-hydroxylation sites is 1. The van der Waals surface area contributed by atoms with Gasteiger partial charge >= 0.3 is 12.2 Å². The number of nitrogens with zero attached hydrogens (tertiary/aromatic N) is 3. The highest BCUT2D eigenvalue weighted by Gasteiger charge is 2.33. The van der Waals surface area contributed by atoms with Gasteiger partial charge in [-0.1, -0.05) is 53.3 Å². The highest BCUT2D eigenvalue weighted by Crippen LogP contribution is 2.34. The molecule has 0 saturated heterocycles. The Labute approximate surface area is 183 Å². The Kier molecular flexibility index (Phi) is 5.66. The first kappa shape index (κ1) is 21.5. The molecule has 11 heteroatoms. The van der Waals surface area contributed by atoms with Crippen molar-refractivity contribution in [3.05, 3.63) is 81.8 Å². The highest BCUT2D eigenvalue weighted by atomic mass is 32.1. The van der Waals surface area contributed by atoms with Crippen molar-refractivity contribution in [2.75, 3.05) is 5.32 Å². The summed E-state index contributed by atoms with van der Waals surface area (Å²) in [6.07, 6.45) is -4.60. The molecule has 2 aromatic carbocycles. The third-order valence-electron chi connectivity index (χ3n) is 4.51. The maximum atomic E-state index is 13.1. The maximum absolute atomic E-state index is 13.1. The second-order valence-electron chi connectivity index (χ2n) is 6.90. The van der Waals surface area contributed by atoms with E-state index >= 15 is 0 Å². The number of fused-ring (bicyclic) bond motifs is 1. The summed E-state index contributed by atoms with van der Waals surface area (Å²) < 4.78 is 40.4. The van der Waals surface area contributed by atoms with Gasteiger partial charge in [0.15, 0.2) is 0 Å². The number of aromatic nitrogens is 3. The van der Waals surface area contributed by atoms with E-state index in [1.807, 2.05) is 31.2 Å². The molecule has 0 unspecified atom stereocenters. The fourth-order valence-corrected chi connectivity index (χ4v) is 3.87. The van der Waals surface area contributed by atoms with Crippen LogP contribution < -0.4 is 16.2 Å². The summed E-state index contributed by atoms with van der Waals surface area (Å²) in [5.41, 5.74) is 0.438. The standard InChI is InChI=1S/C21H16F3N5O2S/c1-12-6-8-13(9-7-12)18-28-29-17(30)10-14(26-20(29)32-18)11-25-19(31)27-16-5-3-2-4-15(16)21(22,23)24/h2-10H,11H2,1H3,(H2,25,27,31). The Hall–Kier alpha value is -3.73. The van der Waals surface area contributed by atoms with Crippen molar-refractivity contribution in [1.29, 1.82) is 0 Å². The van der Waals surface area contributed by atoms with Crippen LogP contribution in [0.15, 0.2) is 59.4 Å². The molecule has 2 aromatic heterocycles. The molecule has 0 spiro atoms. The van der Waals surface area contributed by atoms with Crippen LogP contribution in [0.3, 0.4) is 0 Å². The fraction of sp³-hybridized carbons (Fsp3) is 0.143. The Morgan fingerprint density at radius 3 is 2.56 bits per heavy atom. The number of halogens is 3. The number of amides is 2. The number of hydrogen-bond donors (Lipinski definition) is 2. The summed E-state index contributed by atoms with van der Waals surface area (Å²) in [6.45, 7) is 1.81. The van der Waals surface area contributed by atoms with E-state index in [-0.39, 0.29) is 17.9 Å². The van der Waals surface area contributed by atoms with Gasteiger partial charge in [0.05, 0.1) is 23.5 Å². The van der Waals surface area contributed by atoms with Crippen molar-refractivity contribution in [2.45, 2.75) is 19.6 Å². The third-order valence-corrected chi connectivity index (χ3v) is 5.46. The topological polar surface area (TPSA) is 88.4 Å². The summed E-state index contributed by atoms with van der Waals surface area (Å²) >= 11 is 1.21. The van der Waals surface area contributed by atoms with Gasteiger partial charge in [0.2, 0.25) is 4.96 Å². The number of alkyl halides is 3. The van der Waals surface area contributed by atoms with Gasteiger partial charge < -0.3 is 10.6 Å². The molecule has 2 amide bonds. The Morgan fingerprint density at radius 2 is 1.84 bits per heavy atom. The van der Waals surface area contributed by atoms with E-state index < -0.39 is 23.3 Å². The predicted octanol–water partition coefficient (Wildman–Crippen LogP) is 4.47. The minimum absolute atomic E-state index is 0.149. The molecular formula is C21H16F3N5O2S. The molecule has 0 aliphatic heterocycles. The number of anilines is 1. The molecule has 0 fully saturated rings. The number of carbonyl (C=O) groups excluding carboxylic acids is 1. The molecule has 2 heterocycles. The number of carbonyl (C=O) groups is 1. The largest absolute Gasteiger partial charge is 0.418 e. The molecule has 0 atom stereocenters. The normalized spacial score (nSPS) is 11.5. The number of benzene rings is 2. The summed E-state index contributed by atoms with van der Waals surface area (Å²) in [5.74, 6) is 0. The van der Waals surface area contributed by atoms with Gasteiger partial charge in [-0.3, -0.25) is 4.79 Å². The number of nitrogens with one attached hydrogen (secondary N) is 2. The molecule has 0 radical (unpaired) electrons. The van der Waals surface area contributed by atoms with E-state index in [0.717, 1.165) is 23.3 Å². The second kappa shape index (κ2) is 8.42. The molecule has 0 aliphatic rings. The zero-order valence-corrected chi connectivity index (χ0v) is 17.4. The van der Waals surface area contributed by atoms with Gasteiger partial charge in [0.1, 0.15) is 5.01 Å². The van der Waals surface area contributed by atoms with Crippen LogP contribution >= 0.6 is 11.3 Å². The van der Waals surface area contributed by atoms with Crippen LogP contribution in [0, 0.1) is 6.92 Å². The van der Waals surface area contributed by atoms with Crippen LogP contribution in [0.1, 0.15) is 16.8 Å².